The highest BCUT2D eigenvalue weighted by atomic mass is 35.5. The summed E-state index contributed by atoms with van der Waals surface area (Å²) >= 11 is 18.0. The lowest BCUT2D eigenvalue weighted by Crippen LogP contribution is -2.29. The van der Waals surface area contributed by atoms with E-state index in [0.717, 1.165) is 0 Å². The number of H-pyrrole nitrogens is 1. The van der Waals surface area contributed by atoms with E-state index >= 15 is 0 Å². The summed E-state index contributed by atoms with van der Waals surface area (Å²) < 4.78 is 0. The van der Waals surface area contributed by atoms with E-state index in [9.17, 15) is 9.59 Å². The molecule has 0 radical (unpaired) electrons. The van der Waals surface area contributed by atoms with Gasteiger partial charge >= 0.3 is 0 Å². The zero-order valence-electron chi connectivity index (χ0n) is 14.4. The van der Waals surface area contributed by atoms with E-state index in [1.807, 2.05) is 13.8 Å². The molecule has 0 bridgehead atoms. The van der Waals surface area contributed by atoms with Crippen LogP contribution in [0.3, 0.4) is 0 Å². The number of hydrogen-bond acceptors (Lipinski definition) is 3. The van der Waals surface area contributed by atoms with Crippen LogP contribution in [0.25, 0.3) is 11.0 Å². The van der Waals surface area contributed by atoms with E-state index in [0.29, 0.717) is 27.3 Å². The van der Waals surface area contributed by atoms with E-state index < -0.39 is 5.91 Å². The number of nitrogens with zero attached hydrogens (tertiary/aromatic N) is 1. The molecule has 2 heterocycles. The van der Waals surface area contributed by atoms with Crippen molar-refractivity contribution >= 4 is 63.3 Å². The number of rotatable bonds is 4. The Balaban J connectivity index is 1.92. The van der Waals surface area contributed by atoms with Crippen molar-refractivity contribution in [1.82, 2.24) is 15.3 Å². The van der Waals surface area contributed by atoms with Gasteiger partial charge in [-0.3, -0.25) is 9.59 Å². The zero-order chi connectivity index (χ0) is 19.7. The Bertz CT molecular complexity index is 1020. The van der Waals surface area contributed by atoms with Crippen LogP contribution in [0.2, 0.25) is 15.1 Å². The molecule has 0 unspecified atom stereocenters. The van der Waals surface area contributed by atoms with Gasteiger partial charge in [-0.05, 0) is 32.0 Å². The van der Waals surface area contributed by atoms with Crippen LogP contribution in [0.1, 0.15) is 34.6 Å². The molecule has 3 N–H and O–H groups in total. The summed E-state index contributed by atoms with van der Waals surface area (Å²) in [5.41, 5.74) is 1.47. The lowest BCUT2D eigenvalue weighted by atomic mass is 10.1. The number of halogens is 3. The molecule has 9 heteroatoms. The summed E-state index contributed by atoms with van der Waals surface area (Å²) in [7, 11) is 0. The first-order valence-corrected chi connectivity index (χ1v) is 9.13. The molecule has 2 aromatic heterocycles. The van der Waals surface area contributed by atoms with Crippen LogP contribution in [-0.2, 0) is 0 Å². The average molecular weight is 426 g/mol. The van der Waals surface area contributed by atoms with E-state index in [4.69, 9.17) is 34.8 Å². The number of carbonyl (C=O) groups is 2. The van der Waals surface area contributed by atoms with Gasteiger partial charge in [-0.25, -0.2) is 4.98 Å². The minimum Gasteiger partial charge on any atom is -0.350 e. The predicted molar refractivity (Wildman–Crippen MR) is 108 cm³/mol. The Kier molecular flexibility index (Phi) is 5.60. The van der Waals surface area contributed by atoms with Gasteiger partial charge in [0.05, 0.1) is 33.1 Å². The van der Waals surface area contributed by atoms with Crippen LogP contribution >= 0.6 is 34.8 Å². The molecule has 140 valence electrons. The fourth-order valence-corrected chi connectivity index (χ4v) is 3.54. The van der Waals surface area contributed by atoms with Gasteiger partial charge in [0.1, 0.15) is 5.65 Å². The summed E-state index contributed by atoms with van der Waals surface area (Å²) in [4.78, 5) is 32.0. The SMILES string of the molecule is CC(C)NC(=O)c1c[nH]c2ncc(NC(=O)c3c(Cl)cc(Cl)cc3Cl)cc12. The van der Waals surface area contributed by atoms with E-state index in [-0.39, 0.29) is 27.6 Å². The molecule has 3 rings (SSSR count). The number of nitrogens with one attached hydrogen (secondary N) is 3. The smallest absolute Gasteiger partial charge is 0.258 e. The molecule has 3 aromatic rings. The summed E-state index contributed by atoms with van der Waals surface area (Å²) in [6, 6.07) is 4.52. The minimum atomic E-state index is -0.508. The predicted octanol–water partition coefficient (Wildman–Crippen LogP) is 4.91. The van der Waals surface area contributed by atoms with Crippen LogP contribution in [0.5, 0.6) is 0 Å². The number of aromatic nitrogens is 2. The van der Waals surface area contributed by atoms with Crippen molar-refractivity contribution < 1.29 is 9.59 Å². The largest absolute Gasteiger partial charge is 0.350 e. The Morgan fingerprint density at radius 3 is 2.37 bits per heavy atom. The van der Waals surface area contributed by atoms with E-state index in [1.54, 1.807) is 12.3 Å². The fourth-order valence-electron chi connectivity index (χ4n) is 2.55. The van der Waals surface area contributed by atoms with Crippen LogP contribution in [0.15, 0.2) is 30.6 Å². The molecule has 0 spiro atoms. The Morgan fingerprint density at radius 1 is 1.07 bits per heavy atom. The van der Waals surface area contributed by atoms with Gasteiger partial charge in [0.2, 0.25) is 0 Å². The maximum Gasteiger partial charge on any atom is 0.258 e. The Morgan fingerprint density at radius 2 is 1.74 bits per heavy atom. The number of pyridine rings is 1. The number of aromatic amines is 1. The van der Waals surface area contributed by atoms with Crippen molar-refractivity contribution in [2.24, 2.45) is 0 Å². The van der Waals surface area contributed by atoms with Crippen LogP contribution in [0, 0.1) is 0 Å². The minimum absolute atomic E-state index is 0.00696. The number of fused-ring (bicyclic) bond motifs is 1. The third kappa shape index (κ3) is 4.18. The average Bonchev–Trinajstić information content (AvgIpc) is 2.96. The Hall–Kier alpha value is -2.28. The highest BCUT2D eigenvalue weighted by Crippen LogP contribution is 2.30. The highest BCUT2D eigenvalue weighted by molar-refractivity contribution is 6.42. The third-order valence-corrected chi connectivity index (χ3v) is 4.50. The van der Waals surface area contributed by atoms with Crippen LogP contribution < -0.4 is 10.6 Å². The van der Waals surface area contributed by atoms with Crippen LogP contribution in [-0.4, -0.2) is 27.8 Å². The summed E-state index contributed by atoms with van der Waals surface area (Å²) in [5, 5.41) is 6.70. The van der Waals surface area contributed by atoms with Gasteiger partial charge in [0, 0.05) is 22.6 Å². The molecule has 0 aliphatic carbocycles. The van der Waals surface area contributed by atoms with Crippen molar-refractivity contribution in [2.45, 2.75) is 19.9 Å². The molecule has 0 aliphatic heterocycles. The van der Waals surface area contributed by atoms with Crippen molar-refractivity contribution in [3.05, 3.63) is 56.8 Å². The van der Waals surface area contributed by atoms with E-state index in [2.05, 4.69) is 20.6 Å². The molecule has 0 atom stereocenters. The summed E-state index contributed by atoms with van der Waals surface area (Å²) in [6.07, 6.45) is 3.05. The molecule has 0 aliphatic rings. The second-order valence-electron chi connectivity index (χ2n) is 6.15. The molecular formula is C18H15Cl3N4O2. The van der Waals surface area contributed by atoms with Gasteiger partial charge in [0.15, 0.2) is 0 Å². The van der Waals surface area contributed by atoms with Crippen LogP contribution in [0.4, 0.5) is 5.69 Å². The second-order valence-corrected chi connectivity index (χ2v) is 7.40. The maximum atomic E-state index is 12.6. The first-order valence-electron chi connectivity index (χ1n) is 8.00. The lowest BCUT2D eigenvalue weighted by molar-refractivity contribution is 0.0944. The van der Waals surface area contributed by atoms with Crippen molar-refractivity contribution in [3.63, 3.8) is 0 Å². The maximum absolute atomic E-state index is 12.6. The first kappa shape index (κ1) is 19.5. The molecule has 6 nitrogen and oxygen atoms in total. The number of carbonyl (C=O) groups excluding carboxylic acids is 2. The zero-order valence-corrected chi connectivity index (χ0v) is 16.6. The lowest BCUT2D eigenvalue weighted by Gasteiger charge is -2.10. The Labute approximate surface area is 170 Å². The standard InChI is InChI=1S/C18H15Cl3N4O2/c1-8(2)24-17(26)12-7-23-16-11(12)5-10(6-22-16)25-18(27)15-13(20)3-9(19)4-14(15)21/h3-8H,1-2H3,(H,22,23)(H,24,26)(H,25,27). The molecule has 0 saturated heterocycles. The number of anilines is 1. The number of benzene rings is 1. The molecule has 27 heavy (non-hydrogen) atoms. The number of hydrogen-bond donors (Lipinski definition) is 3. The molecule has 1 aromatic carbocycles. The summed E-state index contributed by atoms with van der Waals surface area (Å²) in [5.74, 6) is -0.739. The van der Waals surface area contributed by atoms with Gasteiger partial charge in [0.25, 0.3) is 11.8 Å². The number of amides is 2. The second kappa shape index (κ2) is 7.76. The highest BCUT2D eigenvalue weighted by Gasteiger charge is 2.18. The van der Waals surface area contributed by atoms with E-state index in [1.165, 1.54) is 18.3 Å². The quantitative estimate of drug-likeness (QED) is 0.555. The monoisotopic (exact) mass is 424 g/mol. The topological polar surface area (TPSA) is 86.9 Å². The fraction of sp³-hybridized carbons (Fsp3) is 0.167. The van der Waals surface area contributed by atoms with Crippen molar-refractivity contribution in [2.75, 3.05) is 5.32 Å². The molecule has 0 saturated carbocycles. The third-order valence-electron chi connectivity index (χ3n) is 3.69. The van der Waals surface area contributed by atoms with Gasteiger partial charge < -0.3 is 15.6 Å². The van der Waals surface area contributed by atoms with Crippen molar-refractivity contribution in [1.29, 1.82) is 0 Å². The molecule has 2 amide bonds. The van der Waals surface area contributed by atoms with Gasteiger partial charge in [-0.15, -0.1) is 0 Å². The molecule has 0 fully saturated rings. The first-order chi connectivity index (χ1) is 12.8. The van der Waals surface area contributed by atoms with Gasteiger partial charge in [-0.1, -0.05) is 34.8 Å². The molecular weight excluding hydrogens is 411 g/mol. The van der Waals surface area contributed by atoms with Crippen molar-refractivity contribution in [3.8, 4) is 0 Å². The van der Waals surface area contributed by atoms with Gasteiger partial charge in [-0.2, -0.15) is 0 Å². The summed E-state index contributed by atoms with van der Waals surface area (Å²) in [6.45, 7) is 3.74. The normalized spacial score (nSPS) is 11.0.